The number of nitrogens with one attached hydrogen (secondary N) is 2. The number of nitrogens with zero attached hydrogens (tertiary/aromatic N) is 4. The number of hydrogen-bond acceptors (Lipinski definition) is 6. The predicted molar refractivity (Wildman–Crippen MR) is 213 cm³/mol. The molecule has 0 aromatic heterocycles. The highest BCUT2D eigenvalue weighted by Crippen LogP contribution is 2.18. The predicted octanol–water partition coefficient (Wildman–Crippen LogP) is 7.50. The van der Waals surface area contributed by atoms with Crippen molar-refractivity contribution in [2.45, 2.75) is 27.7 Å². The fourth-order valence-corrected chi connectivity index (χ4v) is 5.36. The average molecular weight is 707 g/mol. The maximum Gasteiger partial charge on any atom is 0.203 e. The van der Waals surface area contributed by atoms with E-state index in [0.717, 1.165) is 34.7 Å². The summed E-state index contributed by atoms with van der Waals surface area (Å²) in [6.07, 6.45) is 0. The molecule has 0 atom stereocenters. The summed E-state index contributed by atoms with van der Waals surface area (Å²) in [6, 6.07) is 33.1. The van der Waals surface area contributed by atoms with Crippen LogP contribution in [0.25, 0.3) is 0 Å². The first kappa shape index (κ1) is 38.5. The first-order chi connectivity index (χ1) is 25.4. The maximum atomic E-state index is 6.08. The zero-order valence-electron chi connectivity index (χ0n) is 31.1. The molecule has 0 radical (unpaired) electrons. The van der Waals surface area contributed by atoms with E-state index in [-0.39, 0.29) is 0 Å². The molecule has 1 heterocycles. The van der Waals surface area contributed by atoms with Gasteiger partial charge in [0.1, 0.15) is 0 Å². The van der Waals surface area contributed by atoms with Crippen LogP contribution >= 0.6 is 0 Å². The third-order valence-electron chi connectivity index (χ3n) is 8.52. The van der Waals surface area contributed by atoms with Crippen molar-refractivity contribution in [3.8, 4) is 0 Å². The maximum absolute atomic E-state index is 6.08. The van der Waals surface area contributed by atoms with Crippen molar-refractivity contribution < 1.29 is 18.9 Å². The second-order valence-corrected chi connectivity index (χ2v) is 12.9. The smallest absolute Gasteiger partial charge is 0.203 e. The third-order valence-corrected chi connectivity index (χ3v) is 8.52. The van der Waals surface area contributed by atoms with Gasteiger partial charge in [-0.1, -0.05) is 70.8 Å². The fraction of sp³-hybridized carbons (Fsp3) is 0.381. The van der Waals surface area contributed by atoms with E-state index in [1.54, 1.807) is 0 Å². The van der Waals surface area contributed by atoms with Crippen molar-refractivity contribution in [3.05, 3.63) is 119 Å². The minimum Gasteiger partial charge on any atom is -0.377 e. The minimum absolute atomic E-state index is 0.481. The molecule has 0 amide bonds. The van der Waals surface area contributed by atoms with Crippen LogP contribution < -0.4 is 10.6 Å². The second-order valence-electron chi connectivity index (χ2n) is 12.9. The molecule has 1 aliphatic rings. The van der Waals surface area contributed by atoms with E-state index in [1.165, 1.54) is 22.3 Å². The Balaban J connectivity index is 1.24. The molecule has 5 rings (SSSR count). The molecule has 1 fully saturated rings. The average Bonchev–Trinajstić information content (AvgIpc) is 3.14. The highest BCUT2D eigenvalue weighted by Gasteiger charge is 2.15. The van der Waals surface area contributed by atoms with Gasteiger partial charge in [0.05, 0.1) is 64.2 Å². The van der Waals surface area contributed by atoms with Crippen LogP contribution in [-0.2, 0) is 18.9 Å². The molecular formula is C42H54N6O4. The molecular weight excluding hydrogens is 653 g/mol. The van der Waals surface area contributed by atoms with Gasteiger partial charge in [-0.05, 0) is 76.2 Å². The van der Waals surface area contributed by atoms with Crippen LogP contribution in [0, 0.1) is 27.7 Å². The standard InChI is InChI=1S/C42H54N6O4/c1-33-5-13-37(14-6-33)43-41(44-38-15-7-34(2)8-16-38)47-21-25-49-29-31-51-27-23-48(24-28-52-32-30-50-26-22-47)42(45-39-17-9-35(3)10-18-39)46-40-19-11-36(4)12-20-40/h5-20H,21-32H2,1-4H3,(H,43,44)(H,45,46). The van der Waals surface area contributed by atoms with E-state index in [1.807, 2.05) is 24.3 Å². The Morgan fingerprint density at radius 2 is 0.673 bits per heavy atom. The number of aliphatic imine (C=N–C) groups is 2. The van der Waals surface area contributed by atoms with Gasteiger partial charge in [0, 0.05) is 37.6 Å². The number of benzene rings is 4. The van der Waals surface area contributed by atoms with Crippen LogP contribution in [0.5, 0.6) is 0 Å². The van der Waals surface area contributed by atoms with Gasteiger partial charge in [-0.3, -0.25) is 0 Å². The number of hydrogen-bond donors (Lipinski definition) is 2. The number of rotatable bonds is 4. The Morgan fingerprint density at radius 1 is 0.404 bits per heavy atom. The Bertz CT molecular complexity index is 1530. The van der Waals surface area contributed by atoms with Gasteiger partial charge in [0.25, 0.3) is 0 Å². The molecule has 1 saturated heterocycles. The number of anilines is 2. The fourth-order valence-electron chi connectivity index (χ4n) is 5.36. The molecule has 0 bridgehead atoms. The summed E-state index contributed by atoms with van der Waals surface area (Å²) in [7, 11) is 0. The van der Waals surface area contributed by atoms with Crippen molar-refractivity contribution in [1.29, 1.82) is 0 Å². The highest BCUT2D eigenvalue weighted by atomic mass is 16.5. The minimum atomic E-state index is 0.481. The van der Waals surface area contributed by atoms with Gasteiger partial charge in [0.2, 0.25) is 11.9 Å². The molecule has 10 nitrogen and oxygen atoms in total. The van der Waals surface area contributed by atoms with Gasteiger partial charge >= 0.3 is 0 Å². The summed E-state index contributed by atoms with van der Waals surface area (Å²) >= 11 is 0. The van der Waals surface area contributed by atoms with Gasteiger partial charge in [0.15, 0.2) is 0 Å². The van der Waals surface area contributed by atoms with Crippen molar-refractivity contribution in [3.63, 3.8) is 0 Å². The molecule has 0 aliphatic carbocycles. The van der Waals surface area contributed by atoms with Gasteiger partial charge in [-0.15, -0.1) is 0 Å². The van der Waals surface area contributed by atoms with Crippen molar-refractivity contribution >= 4 is 34.7 Å². The topological polar surface area (TPSA) is 92.2 Å². The molecule has 0 saturated carbocycles. The Labute approximate surface area is 309 Å². The molecule has 2 N–H and O–H groups in total. The van der Waals surface area contributed by atoms with Gasteiger partial charge < -0.3 is 39.4 Å². The van der Waals surface area contributed by atoms with E-state index in [4.69, 9.17) is 28.9 Å². The van der Waals surface area contributed by atoms with Crippen molar-refractivity contribution in [2.75, 3.05) is 89.7 Å². The van der Waals surface area contributed by atoms with Crippen LogP contribution in [-0.4, -0.2) is 101 Å². The van der Waals surface area contributed by atoms with Crippen LogP contribution in [0.2, 0.25) is 0 Å². The monoisotopic (exact) mass is 706 g/mol. The van der Waals surface area contributed by atoms with E-state index in [0.29, 0.717) is 79.0 Å². The third kappa shape index (κ3) is 13.4. The summed E-state index contributed by atoms with van der Waals surface area (Å²) < 4.78 is 24.3. The molecule has 276 valence electrons. The van der Waals surface area contributed by atoms with Crippen molar-refractivity contribution in [1.82, 2.24) is 9.80 Å². The van der Waals surface area contributed by atoms with E-state index in [2.05, 4.69) is 121 Å². The van der Waals surface area contributed by atoms with Crippen LogP contribution in [0.3, 0.4) is 0 Å². The van der Waals surface area contributed by atoms with Crippen LogP contribution in [0.1, 0.15) is 22.3 Å². The summed E-state index contributed by atoms with van der Waals surface area (Å²) in [5, 5.41) is 7.10. The highest BCUT2D eigenvalue weighted by molar-refractivity contribution is 5.96. The lowest BCUT2D eigenvalue weighted by Crippen LogP contribution is -2.41. The lowest BCUT2D eigenvalue weighted by atomic mass is 10.2. The Hall–Kier alpha value is -4.74. The first-order valence-electron chi connectivity index (χ1n) is 18.2. The molecule has 0 spiro atoms. The quantitative estimate of drug-likeness (QED) is 0.167. The summed E-state index contributed by atoms with van der Waals surface area (Å²) in [6.45, 7) is 14.8. The largest absolute Gasteiger partial charge is 0.377 e. The van der Waals surface area contributed by atoms with E-state index >= 15 is 0 Å². The summed E-state index contributed by atoms with van der Waals surface area (Å²) in [4.78, 5) is 14.4. The second kappa shape index (κ2) is 20.9. The van der Waals surface area contributed by atoms with Crippen LogP contribution in [0.4, 0.5) is 22.7 Å². The van der Waals surface area contributed by atoms with E-state index < -0.39 is 0 Å². The Kier molecular flexibility index (Phi) is 15.5. The number of ether oxygens (including phenoxy) is 4. The molecule has 52 heavy (non-hydrogen) atoms. The SMILES string of the molecule is Cc1ccc(N=C(Nc2ccc(C)cc2)N2CCOCCOCCN(C(=Nc3ccc(C)cc3)Nc3ccc(C)cc3)CCOCCOCC2)cc1. The number of guanidine groups is 2. The zero-order chi connectivity index (χ0) is 36.4. The van der Waals surface area contributed by atoms with Crippen LogP contribution in [0.15, 0.2) is 107 Å². The lowest BCUT2D eigenvalue weighted by molar-refractivity contribution is 0.0216. The summed E-state index contributed by atoms with van der Waals surface area (Å²) in [5.41, 5.74) is 8.47. The Morgan fingerprint density at radius 3 is 0.962 bits per heavy atom. The molecule has 4 aromatic carbocycles. The molecule has 10 heteroatoms. The molecule has 4 aromatic rings. The first-order valence-corrected chi connectivity index (χ1v) is 18.2. The zero-order valence-corrected chi connectivity index (χ0v) is 31.1. The molecule has 0 unspecified atom stereocenters. The van der Waals surface area contributed by atoms with Gasteiger partial charge in [-0.25, -0.2) is 9.98 Å². The van der Waals surface area contributed by atoms with Crippen molar-refractivity contribution in [2.24, 2.45) is 9.98 Å². The summed E-state index contributed by atoms with van der Waals surface area (Å²) in [5.74, 6) is 1.48. The van der Waals surface area contributed by atoms with Gasteiger partial charge in [-0.2, -0.15) is 0 Å². The number of aryl methyl sites for hydroxylation is 4. The normalized spacial score (nSPS) is 16.5. The molecule has 1 aliphatic heterocycles. The lowest BCUT2D eigenvalue weighted by Gasteiger charge is -2.28. The van der Waals surface area contributed by atoms with E-state index in [9.17, 15) is 0 Å².